The number of hydrogen-bond acceptors (Lipinski definition) is 4. The van der Waals surface area contributed by atoms with Crippen LogP contribution in [0, 0.1) is 5.92 Å². The molecule has 1 saturated heterocycles. The van der Waals surface area contributed by atoms with Crippen molar-refractivity contribution >= 4 is 34.9 Å². The predicted molar refractivity (Wildman–Crippen MR) is 85.2 cm³/mol. The maximum absolute atomic E-state index is 12.0. The molecule has 0 unspecified atom stereocenters. The van der Waals surface area contributed by atoms with Crippen molar-refractivity contribution in [3.05, 3.63) is 33.8 Å². The van der Waals surface area contributed by atoms with E-state index < -0.39 is 5.97 Å². The fraction of sp³-hybridized carbons (Fsp3) is 0.467. The van der Waals surface area contributed by atoms with Gasteiger partial charge in [-0.15, -0.1) is 0 Å². The molecule has 0 spiro atoms. The molecule has 1 aliphatic heterocycles. The van der Waals surface area contributed by atoms with Crippen molar-refractivity contribution in [1.29, 1.82) is 0 Å². The van der Waals surface area contributed by atoms with Gasteiger partial charge >= 0.3 is 5.97 Å². The fourth-order valence-electron chi connectivity index (χ4n) is 2.28. The number of halogens is 2. The Morgan fingerprint density at radius 2 is 2.05 bits per heavy atom. The van der Waals surface area contributed by atoms with Gasteiger partial charge in [-0.05, 0) is 32.2 Å². The number of carbonyl (C=O) groups excluding carboxylic acids is 1. The van der Waals surface area contributed by atoms with Gasteiger partial charge in [0.25, 0.3) is 0 Å². The summed E-state index contributed by atoms with van der Waals surface area (Å²) in [4.78, 5) is 19.3. The second-order valence-electron chi connectivity index (χ2n) is 5.48. The van der Waals surface area contributed by atoms with Crippen LogP contribution in [0.1, 0.15) is 30.6 Å². The van der Waals surface area contributed by atoms with E-state index in [1.165, 1.54) is 6.07 Å². The molecule has 1 heterocycles. The van der Waals surface area contributed by atoms with Gasteiger partial charge in [-0.25, -0.2) is 4.79 Å². The molecule has 6 heteroatoms. The molecule has 2 rings (SSSR count). The lowest BCUT2D eigenvalue weighted by molar-refractivity contribution is 0.0508. The van der Waals surface area contributed by atoms with Crippen molar-refractivity contribution in [3.63, 3.8) is 0 Å². The lowest BCUT2D eigenvalue weighted by Gasteiger charge is -2.34. The van der Waals surface area contributed by atoms with Gasteiger partial charge in [-0.3, -0.25) is 0 Å². The van der Waals surface area contributed by atoms with Crippen molar-refractivity contribution in [1.82, 2.24) is 4.90 Å². The van der Waals surface area contributed by atoms with Gasteiger partial charge < -0.3 is 9.74 Å². The fourth-order valence-corrected chi connectivity index (χ4v) is 2.58. The second-order valence-corrected chi connectivity index (χ2v) is 6.30. The normalized spacial score (nSPS) is 25.1. The molecule has 2 atom stereocenters. The summed E-state index contributed by atoms with van der Waals surface area (Å²) < 4.78 is 0. The number of oxime groups is 1. The molecule has 0 bridgehead atoms. The average Bonchev–Trinajstić information content (AvgIpc) is 2.44. The SMILES string of the molecule is C[C@H]1CN(C)[C@@H](C)C/C1=N/OC(=O)c1ccc(Cl)c(Cl)c1. The van der Waals surface area contributed by atoms with Gasteiger partial charge in [0.15, 0.2) is 0 Å². The molecule has 1 aromatic rings. The van der Waals surface area contributed by atoms with Gasteiger partial charge in [0.05, 0.1) is 21.3 Å². The number of rotatable bonds is 2. The van der Waals surface area contributed by atoms with E-state index >= 15 is 0 Å². The van der Waals surface area contributed by atoms with Crippen molar-refractivity contribution in [2.24, 2.45) is 11.1 Å². The van der Waals surface area contributed by atoms with E-state index in [4.69, 9.17) is 28.0 Å². The van der Waals surface area contributed by atoms with Crippen molar-refractivity contribution in [2.45, 2.75) is 26.3 Å². The Morgan fingerprint density at radius 3 is 2.71 bits per heavy atom. The highest BCUT2D eigenvalue weighted by Crippen LogP contribution is 2.23. The number of benzene rings is 1. The quantitative estimate of drug-likeness (QED) is 0.611. The Morgan fingerprint density at radius 1 is 1.33 bits per heavy atom. The summed E-state index contributed by atoms with van der Waals surface area (Å²) in [5.41, 5.74) is 1.25. The first-order chi connectivity index (χ1) is 9.88. The molecule has 0 radical (unpaired) electrons. The smallest absolute Gasteiger partial charge is 0.313 e. The first kappa shape index (κ1) is 16.3. The zero-order valence-electron chi connectivity index (χ0n) is 12.3. The molecule has 21 heavy (non-hydrogen) atoms. The Bertz CT molecular complexity index is 575. The van der Waals surface area contributed by atoms with Gasteiger partial charge in [0.1, 0.15) is 0 Å². The molecule has 0 amide bonds. The van der Waals surface area contributed by atoms with Crippen LogP contribution < -0.4 is 0 Å². The van der Waals surface area contributed by atoms with E-state index in [9.17, 15) is 4.79 Å². The van der Waals surface area contributed by atoms with Crippen LogP contribution in [0.25, 0.3) is 0 Å². The van der Waals surface area contributed by atoms with Crippen LogP contribution in [0.2, 0.25) is 10.0 Å². The van der Waals surface area contributed by atoms with Gasteiger partial charge in [0, 0.05) is 24.9 Å². The second kappa shape index (κ2) is 6.77. The van der Waals surface area contributed by atoms with Crippen LogP contribution in [0.5, 0.6) is 0 Å². The van der Waals surface area contributed by atoms with Crippen molar-refractivity contribution in [2.75, 3.05) is 13.6 Å². The molecule has 4 nitrogen and oxygen atoms in total. The molecule has 1 aromatic carbocycles. The summed E-state index contributed by atoms with van der Waals surface area (Å²) in [5, 5.41) is 4.76. The lowest BCUT2D eigenvalue weighted by Crippen LogP contribution is -2.43. The highest BCUT2D eigenvalue weighted by Gasteiger charge is 2.26. The summed E-state index contributed by atoms with van der Waals surface area (Å²) in [7, 11) is 2.08. The minimum absolute atomic E-state index is 0.271. The van der Waals surface area contributed by atoms with E-state index in [2.05, 4.69) is 31.0 Å². The summed E-state index contributed by atoms with van der Waals surface area (Å²) in [6.07, 6.45) is 0.798. The summed E-state index contributed by atoms with van der Waals surface area (Å²) in [5.74, 6) is -0.257. The predicted octanol–water partition coefficient (Wildman–Crippen LogP) is 3.87. The van der Waals surface area contributed by atoms with Gasteiger partial charge in [0.2, 0.25) is 0 Å². The molecular weight excluding hydrogens is 311 g/mol. The highest BCUT2D eigenvalue weighted by molar-refractivity contribution is 6.42. The molecular formula is C15H18Cl2N2O2. The Balaban J connectivity index is 2.05. The Labute approximate surface area is 134 Å². The maximum atomic E-state index is 12.0. The minimum Gasteiger partial charge on any atom is -0.313 e. The van der Waals surface area contributed by atoms with Crippen molar-refractivity contribution in [3.8, 4) is 0 Å². The first-order valence-electron chi connectivity index (χ1n) is 6.82. The van der Waals surface area contributed by atoms with Crippen LogP contribution in [-0.4, -0.2) is 36.2 Å². The number of piperidine rings is 1. The summed E-state index contributed by atoms with van der Waals surface area (Å²) in [6.45, 7) is 5.11. The molecule has 1 aliphatic rings. The van der Waals surface area contributed by atoms with Crippen LogP contribution in [0.4, 0.5) is 0 Å². The number of carbonyl (C=O) groups is 1. The molecule has 114 valence electrons. The number of likely N-dealkylation sites (tertiary alicyclic amines) is 1. The number of hydrogen-bond donors (Lipinski definition) is 0. The van der Waals surface area contributed by atoms with Crippen LogP contribution >= 0.6 is 23.2 Å². The third-order valence-corrected chi connectivity index (χ3v) is 4.53. The summed E-state index contributed by atoms with van der Waals surface area (Å²) in [6, 6.07) is 5.00. The van der Waals surface area contributed by atoms with E-state index in [1.807, 2.05) is 0 Å². The molecule has 0 N–H and O–H groups in total. The lowest BCUT2D eigenvalue weighted by atomic mass is 9.93. The van der Waals surface area contributed by atoms with Crippen LogP contribution in [0.3, 0.4) is 0 Å². The van der Waals surface area contributed by atoms with Gasteiger partial charge in [-0.2, -0.15) is 0 Å². The molecule has 0 saturated carbocycles. The first-order valence-corrected chi connectivity index (χ1v) is 7.57. The molecule has 0 aliphatic carbocycles. The minimum atomic E-state index is -0.528. The molecule has 1 fully saturated rings. The van der Waals surface area contributed by atoms with E-state index in [0.717, 1.165) is 18.7 Å². The third kappa shape index (κ3) is 3.96. The average molecular weight is 329 g/mol. The van der Waals surface area contributed by atoms with E-state index in [1.54, 1.807) is 12.1 Å². The Hall–Kier alpha value is -1.10. The topological polar surface area (TPSA) is 41.9 Å². The van der Waals surface area contributed by atoms with E-state index in [-0.39, 0.29) is 5.92 Å². The van der Waals surface area contributed by atoms with Crippen LogP contribution in [0.15, 0.2) is 23.4 Å². The van der Waals surface area contributed by atoms with Crippen molar-refractivity contribution < 1.29 is 9.63 Å². The summed E-state index contributed by atoms with van der Waals surface area (Å²) >= 11 is 11.7. The largest absolute Gasteiger partial charge is 0.365 e. The van der Waals surface area contributed by atoms with Crippen LogP contribution in [-0.2, 0) is 4.84 Å². The standard InChI is InChI=1S/C15H18Cl2N2O2/c1-9-8-19(3)10(2)6-14(9)18-21-15(20)11-4-5-12(16)13(17)7-11/h4-5,7,9-10H,6,8H2,1-3H3/b18-14-/t9-,10-/m0/s1. The monoisotopic (exact) mass is 328 g/mol. The number of nitrogens with zero attached hydrogens (tertiary/aromatic N) is 2. The maximum Gasteiger partial charge on any atom is 0.365 e. The zero-order chi connectivity index (χ0) is 15.6. The van der Waals surface area contributed by atoms with E-state index in [0.29, 0.717) is 21.7 Å². The Kier molecular flexibility index (Phi) is 5.25. The molecule has 0 aromatic heterocycles. The van der Waals surface area contributed by atoms with Gasteiger partial charge in [-0.1, -0.05) is 35.3 Å². The third-order valence-electron chi connectivity index (χ3n) is 3.79. The zero-order valence-corrected chi connectivity index (χ0v) is 13.8. The highest BCUT2D eigenvalue weighted by atomic mass is 35.5.